The number of aliphatic hydroxyl groups excluding tert-OH is 1. The fraction of sp³-hybridized carbons (Fsp3) is 0.398. The summed E-state index contributed by atoms with van der Waals surface area (Å²) in [6.07, 6.45) is -9.49. The molecule has 2 N–H and O–H groups in total. The molecule has 0 bridgehead atoms. The standard InChI is InChI=1S/C24H23F3N2O4S2.C23H21F3N2O4S2.C15H20O3.C10H6ClF3N2OS.C10H7F3N2O2S.CH2Cl2.5CH4/c1-15-13-18(9-10-19(15)33-23(22(30)31-2)11-3-4-12-23)34-14-20-28-21(29-35-20)16-5-7-17(8-6-16)32-24(25,26)27;1-14-12-17(8-9-18(14)32-22(21(29)30)10-2-3-11-22)33-13-19-27-20(28-34-19)15-4-6-16(7-5-15)31-23(24,25)26;1-11-6-7-13(12(2)10-11)18-15(14(16)17-3)8-4-5-9-15;11-5-8-15-9(16-18-8)6-1-3-7(4-2-6)17-10(12,13)14;11-10(12,13)17-7-3-1-6(2-4-7)9-14-8(5-16)18-15-9;2-1-3;;;;;/h5-10,13H,3-4,11-12,14H2,1-2H3;4-9,12H,2-3,10-11,13H2,1H3,(H,29,30);6-7,10H,4-5,8-9H2,1-3H3;1-4H,5H2;1-4,16H,5H2;1H2;5*1H4. The Hall–Kier alpha value is -9.52. The number of nitrogens with zero attached hydrogens (tertiary/aromatic N) is 8. The summed E-state index contributed by atoms with van der Waals surface area (Å²) in [6.45, 7) is 7.66. The van der Waals surface area contributed by atoms with Crippen LogP contribution >= 0.6 is 104 Å². The lowest BCUT2D eigenvalue weighted by Crippen LogP contribution is -2.42. The number of rotatable bonds is 25. The summed E-state index contributed by atoms with van der Waals surface area (Å²) in [7, 11) is 2.81. The van der Waals surface area contributed by atoms with E-state index in [0.717, 1.165) is 117 Å². The van der Waals surface area contributed by atoms with Gasteiger partial charge in [-0.15, -0.1) is 111 Å². The molecule has 0 atom stereocenters. The van der Waals surface area contributed by atoms with Crippen molar-refractivity contribution in [1.82, 2.24) is 37.4 Å². The number of halogens is 15. The average Bonchev–Trinajstić information content (AvgIpc) is 1.72. The molecule has 22 nitrogen and oxygen atoms in total. The van der Waals surface area contributed by atoms with Crippen LogP contribution in [0.25, 0.3) is 45.6 Å². The number of benzene rings is 7. The highest BCUT2D eigenvalue weighted by Gasteiger charge is 2.47. The lowest BCUT2D eigenvalue weighted by atomic mass is 10.0. The van der Waals surface area contributed by atoms with Crippen LogP contribution in [0.15, 0.2) is 161 Å². The minimum Gasteiger partial charge on any atom is -0.478 e. The Morgan fingerprint density at radius 1 is 0.389 bits per heavy atom. The SMILES string of the molecule is C.C.C.C.C.COC(=O)C1(Oc2ccc(C)cc2C)CCCC1.COC(=O)C1(Oc2ccc(SCc3nc(-c4ccc(OC(F)(F)F)cc4)ns3)cc2C)CCCC1.Cc1cc(SCc2nc(-c3ccc(OC(F)(F)F)cc3)ns2)ccc1OC1(C(=O)O)CCCC1.ClCCl.FC(F)(F)Oc1ccc(-c2nsc(CCl)n2)cc1.OCc1nc(-c2ccc(OC(F)(F)F)cc2)ns1. The van der Waals surface area contributed by atoms with E-state index in [1.807, 2.05) is 70.2 Å². The summed E-state index contributed by atoms with van der Waals surface area (Å²) in [4.78, 5) is 55.1. The van der Waals surface area contributed by atoms with Gasteiger partial charge in [-0.1, -0.05) is 54.8 Å². The molecule has 7 aromatic carbocycles. The van der Waals surface area contributed by atoms with E-state index in [9.17, 15) is 72.2 Å². The molecule has 3 saturated carbocycles. The monoisotopic (exact) mass is 2020 g/mol. The van der Waals surface area contributed by atoms with Gasteiger partial charge in [0.1, 0.15) is 60.3 Å². The first-order chi connectivity index (χ1) is 59.7. The van der Waals surface area contributed by atoms with Gasteiger partial charge in [-0.25, -0.2) is 34.3 Å². The summed E-state index contributed by atoms with van der Waals surface area (Å²) in [5.41, 5.74) is 3.58. The zero-order valence-electron chi connectivity index (χ0n) is 67.4. The molecule has 3 aliphatic carbocycles. The van der Waals surface area contributed by atoms with Crippen molar-refractivity contribution in [1.29, 1.82) is 0 Å². The second kappa shape index (κ2) is 52.2. The number of hydrogen-bond donors (Lipinski definition) is 2. The lowest BCUT2D eigenvalue weighted by molar-refractivity contribution is -0.275. The molecule has 43 heteroatoms. The molecule has 0 amide bonds. The number of aryl methyl sites for hydroxylation is 4. The van der Waals surface area contributed by atoms with Crippen LogP contribution in [-0.2, 0) is 47.8 Å². The van der Waals surface area contributed by atoms with Gasteiger partial charge in [0, 0.05) is 32.0 Å². The van der Waals surface area contributed by atoms with E-state index < -0.39 is 48.2 Å². The third-order valence-electron chi connectivity index (χ3n) is 18.5. The highest BCUT2D eigenvalue weighted by molar-refractivity contribution is 7.98. The molecular weight excluding hydrogens is 1920 g/mol. The molecule has 4 aromatic heterocycles. The number of aromatic nitrogens is 8. The van der Waals surface area contributed by atoms with E-state index in [-0.39, 0.29) is 89.9 Å². The Morgan fingerprint density at radius 2 is 0.649 bits per heavy atom. The Morgan fingerprint density at radius 3 is 0.901 bits per heavy atom. The maximum Gasteiger partial charge on any atom is 0.573 e. The van der Waals surface area contributed by atoms with Gasteiger partial charge in [0.05, 0.1) is 43.6 Å². The second-order valence-electron chi connectivity index (χ2n) is 27.6. The zero-order valence-corrected chi connectivity index (χ0v) is 74.6. The van der Waals surface area contributed by atoms with E-state index in [0.29, 0.717) is 104 Å². The molecule has 3 fully saturated rings. The quantitative estimate of drug-likeness (QED) is 0.0233. The van der Waals surface area contributed by atoms with Crippen molar-refractivity contribution in [2.75, 3.05) is 19.6 Å². The normalized spacial score (nSPS) is 13.7. The van der Waals surface area contributed by atoms with Crippen molar-refractivity contribution in [3.63, 3.8) is 0 Å². The topological polar surface area (TPSA) is 278 Å². The van der Waals surface area contributed by atoms with Gasteiger partial charge >= 0.3 is 43.4 Å². The van der Waals surface area contributed by atoms with E-state index in [4.69, 9.17) is 63.6 Å². The first-order valence-electron chi connectivity index (χ1n) is 37.8. The Labute approximate surface area is 791 Å². The fourth-order valence-electron chi connectivity index (χ4n) is 12.7. The minimum absolute atomic E-state index is 0. The molecule has 0 radical (unpaired) electrons. The average molecular weight is 2020 g/mol. The van der Waals surface area contributed by atoms with Crippen LogP contribution in [0.4, 0.5) is 52.7 Å². The molecule has 716 valence electrons. The number of esters is 2. The van der Waals surface area contributed by atoms with Gasteiger partial charge in [0.25, 0.3) is 0 Å². The number of hydrogen-bond acceptors (Lipinski definition) is 27. The van der Waals surface area contributed by atoms with Gasteiger partial charge in [-0.05, 0) is 307 Å². The summed E-state index contributed by atoms with van der Waals surface area (Å²) < 4.78 is 206. The highest BCUT2D eigenvalue weighted by Crippen LogP contribution is 2.43. The molecule has 3 aliphatic rings. The van der Waals surface area contributed by atoms with E-state index in [2.05, 4.69) is 62.4 Å². The molecule has 0 aliphatic heterocycles. The maximum absolute atomic E-state index is 12.3. The molecular formula is C88H99Cl3F12N8O14S6. The summed E-state index contributed by atoms with van der Waals surface area (Å²) >= 11 is 22.9. The summed E-state index contributed by atoms with van der Waals surface area (Å²) in [5.74, 6) is 2.45. The van der Waals surface area contributed by atoms with Crippen molar-refractivity contribution in [3.05, 3.63) is 194 Å². The Balaban J connectivity index is 0.000000348. The Bertz CT molecular complexity index is 5240. The first-order valence-corrected chi connectivity index (χ1v) is 44.5. The number of thioether (sulfide) groups is 2. The maximum atomic E-state index is 12.3. The van der Waals surface area contributed by atoms with E-state index in [1.54, 1.807) is 29.6 Å². The smallest absolute Gasteiger partial charge is 0.478 e. The van der Waals surface area contributed by atoms with Gasteiger partial charge in [-0.3, -0.25) is 0 Å². The Kier molecular flexibility index (Phi) is 45.4. The van der Waals surface area contributed by atoms with Crippen molar-refractivity contribution in [2.45, 2.75) is 218 Å². The van der Waals surface area contributed by atoms with Crippen LogP contribution in [-0.4, -0.2) is 127 Å². The van der Waals surface area contributed by atoms with Gasteiger partial charge in [0.2, 0.25) is 16.8 Å². The number of ether oxygens (including phenoxy) is 9. The summed E-state index contributed by atoms with van der Waals surface area (Å²) in [5, 5.41) is 21.3. The highest BCUT2D eigenvalue weighted by atomic mass is 35.5. The zero-order chi connectivity index (χ0) is 91.6. The van der Waals surface area contributed by atoms with Crippen molar-refractivity contribution in [3.8, 4) is 85.8 Å². The van der Waals surface area contributed by atoms with Gasteiger partial charge < -0.3 is 52.8 Å². The molecule has 0 saturated heterocycles. The first kappa shape index (κ1) is 114. The molecule has 0 spiro atoms. The number of aliphatic carboxylic acids is 1. The minimum atomic E-state index is -4.73. The van der Waals surface area contributed by atoms with Gasteiger partial charge in [-0.2, -0.15) is 17.5 Å². The van der Waals surface area contributed by atoms with Crippen LogP contribution in [0, 0.1) is 27.7 Å². The van der Waals surface area contributed by atoms with Crippen LogP contribution in [0.3, 0.4) is 0 Å². The largest absolute Gasteiger partial charge is 0.573 e. The predicted octanol–water partition coefficient (Wildman–Crippen LogP) is 27.3. The molecule has 131 heavy (non-hydrogen) atoms. The van der Waals surface area contributed by atoms with Crippen molar-refractivity contribution in [2.24, 2.45) is 0 Å². The molecule has 0 unspecified atom stereocenters. The van der Waals surface area contributed by atoms with Crippen molar-refractivity contribution < 1.29 is 120 Å². The fourth-order valence-corrected chi connectivity index (χ4v) is 17.2. The van der Waals surface area contributed by atoms with Crippen LogP contribution < -0.4 is 33.2 Å². The molecule has 4 heterocycles. The number of methoxy groups -OCH3 is 2. The molecule has 11 aromatic rings. The van der Waals surface area contributed by atoms with E-state index in [1.165, 1.54) is 140 Å². The second-order valence-corrected chi connectivity index (χ2v) is 34.1. The number of carbonyl (C=O) groups excluding carboxylic acids is 2. The number of aliphatic hydroxyl groups is 1. The van der Waals surface area contributed by atoms with Crippen LogP contribution in [0.1, 0.15) is 156 Å². The van der Waals surface area contributed by atoms with Crippen LogP contribution in [0.5, 0.6) is 40.2 Å². The predicted molar refractivity (Wildman–Crippen MR) is 488 cm³/mol. The van der Waals surface area contributed by atoms with Crippen molar-refractivity contribution >= 4 is 122 Å². The number of carboxylic acid groups (broad SMARTS) is 1. The molecule has 14 rings (SSSR count). The lowest BCUT2D eigenvalue weighted by Gasteiger charge is -2.28. The number of carbonyl (C=O) groups is 3. The van der Waals surface area contributed by atoms with E-state index >= 15 is 0 Å². The number of alkyl halides is 15. The third kappa shape index (κ3) is 35.1. The van der Waals surface area contributed by atoms with Crippen LogP contribution in [0.2, 0.25) is 0 Å². The number of carboxylic acids is 1. The summed E-state index contributed by atoms with van der Waals surface area (Å²) in [6, 6.07) is 38.9. The third-order valence-corrected chi connectivity index (χ3v) is 24.1. The van der Waals surface area contributed by atoms with Gasteiger partial charge in [0.15, 0.2) is 23.3 Å².